The summed E-state index contributed by atoms with van der Waals surface area (Å²) in [6.07, 6.45) is 1.42. The largest absolute Gasteiger partial charge is 0.493 e. The fourth-order valence-corrected chi connectivity index (χ4v) is 3.99. The molecule has 4 aromatic carbocycles. The number of carbonyl (C=O) groups is 2. The predicted octanol–water partition coefficient (Wildman–Crippen LogP) is 5.58. The number of methoxy groups -OCH3 is 1. The van der Waals surface area contributed by atoms with E-state index >= 15 is 0 Å². The normalized spacial score (nSPS) is 10.8. The molecule has 0 aliphatic heterocycles. The number of nitrogens with zero attached hydrogens (tertiary/aromatic N) is 4. The molecule has 0 saturated carbocycles. The minimum atomic E-state index is -0.616. The summed E-state index contributed by atoms with van der Waals surface area (Å²) in [5, 5.41) is 8.74. The van der Waals surface area contributed by atoms with E-state index in [1.165, 1.54) is 13.3 Å². The van der Waals surface area contributed by atoms with Crippen LogP contribution in [0.1, 0.15) is 26.5 Å². The summed E-state index contributed by atoms with van der Waals surface area (Å²) in [7, 11) is 1.45. The Morgan fingerprint density at radius 2 is 1.60 bits per heavy atom. The van der Waals surface area contributed by atoms with E-state index in [4.69, 9.17) is 21.1 Å². The Labute approximate surface area is 234 Å². The first-order valence-corrected chi connectivity index (χ1v) is 12.5. The number of ether oxygens (including phenoxy) is 2. The molecular weight excluding hydrogens is 530 g/mol. The number of carbonyl (C=O) groups excluding carboxylic acids is 2. The summed E-state index contributed by atoms with van der Waals surface area (Å²) < 4.78 is 12.4. The van der Waals surface area contributed by atoms with Crippen LogP contribution in [0.3, 0.4) is 0 Å². The predicted molar refractivity (Wildman–Crippen MR) is 151 cm³/mol. The Morgan fingerprint density at radius 1 is 0.900 bits per heavy atom. The van der Waals surface area contributed by atoms with Crippen LogP contribution < -0.4 is 14.9 Å². The van der Waals surface area contributed by atoms with Gasteiger partial charge in [-0.1, -0.05) is 72.3 Å². The summed E-state index contributed by atoms with van der Waals surface area (Å²) in [5.41, 5.74) is 4.85. The van der Waals surface area contributed by atoms with Gasteiger partial charge >= 0.3 is 11.9 Å². The third-order valence-electron chi connectivity index (χ3n) is 5.71. The molecule has 0 fully saturated rings. The number of benzene rings is 4. The topological polar surface area (TPSA) is 108 Å². The number of rotatable bonds is 8. The fourth-order valence-electron chi connectivity index (χ4n) is 3.78. The lowest BCUT2D eigenvalue weighted by Crippen LogP contribution is -2.19. The van der Waals surface area contributed by atoms with Crippen molar-refractivity contribution in [3.63, 3.8) is 0 Å². The molecule has 40 heavy (non-hydrogen) atoms. The first-order valence-electron chi connectivity index (χ1n) is 12.1. The number of nitrogens with one attached hydrogen (secondary N) is 1. The maximum Gasteiger partial charge on any atom is 0.345 e. The molecule has 0 saturated heterocycles. The van der Waals surface area contributed by atoms with Crippen molar-refractivity contribution in [3.05, 3.63) is 125 Å². The Bertz CT molecular complexity index is 1630. The first-order chi connectivity index (χ1) is 19.5. The molecule has 1 N–H and O–H groups in total. The molecule has 1 amide bonds. The van der Waals surface area contributed by atoms with Crippen molar-refractivity contribution in [1.29, 1.82) is 0 Å². The average molecular weight is 552 g/mol. The number of hydrazone groups is 1. The number of aromatic nitrogens is 3. The van der Waals surface area contributed by atoms with Gasteiger partial charge in [0.1, 0.15) is 0 Å². The molecule has 0 radical (unpaired) electrons. The standard InChI is InChI=1S/C30H22ClN5O4/c1-39-26-18-20(16-17-25(26)40-30(38)23-14-8-9-15-24(23)31)19-32-34-29(37)27-33-28(21-10-4-2-5-11-21)36(35-27)22-12-6-3-7-13-22/h2-19H,1H3,(H,34,37)/b32-19+. The molecule has 198 valence electrons. The zero-order valence-electron chi connectivity index (χ0n) is 21.2. The molecule has 1 aromatic heterocycles. The minimum Gasteiger partial charge on any atom is -0.493 e. The fraction of sp³-hybridized carbons (Fsp3) is 0.0333. The van der Waals surface area contributed by atoms with Crippen LogP contribution in [0.2, 0.25) is 5.02 Å². The van der Waals surface area contributed by atoms with Crippen LogP contribution in [0.25, 0.3) is 17.1 Å². The zero-order valence-corrected chi connectivity index (χ0v) is 21.9. The van der Waals surface area contributed by atoms with Gasteiger partial charge in [0.05, 0.1) is 29.6 Å². The summed E-state index contributed by atoms with van der Waals surface area (Å²) in [4.78, 5) is 29.9. The third kappa shape index (κ3) is 5.90. The maximum atomic E-state index is 12.9. The number of halogens is 1. The monoisotopic (exact) mass is 551 g/mol. The molecule has 9 nitrogen and oxygen atoms in total. The molecule has 5 rings (SSSR count). The van der Waals surface area contributed by atoms with E-state index in [9.17, 15) is 9.59 Å². The van der Waals surface area contributed by atoms with Gasteiger partial charge in [-0.2, -0.15) is 5.10 Å². The van der Waals surface area contributed by atoms with Crippen molar-refractivity contribution in [2.24, 2.45) is 5.10 Å². The van der Waals surface area contributed by atoms with Crippen LogP contribution in [0.15, 0.2) is 108 Å². The van der Waals surface area contributed by atoms with Crippen LogP contribution in [0.4, 0.5) is 0 Å². The van der Waals surface area contributed by atoms with Crippen molar-refractivity contribution in [2.45, 2.75) is 0 Å². The molecule has 10 heteroatoms. The Morgan fingerprint density at radius 3 is 2.33 bits per heavy atom. The van der Waals surface area contributed by atoms with Gasteiger partial charge in [-0.25, -0.2) is 19.9 Å². The zero-order chi connectivity index (χ0) is 27.9. The van der Waals surface area contributed by atoms with Gasteiger partial charge in [0, 0.05) is 5.56 Å². The molecule has 0 atom stereocenters. The van der Waals surface area contributed by atoms with Gasteiger partial charge in [0.25, 0.3) is 0 Å². The molecule has 1 heterocycles. The summed E-state index contributed by atoms with van der Waals surface area (Å²) in [5.74, 6) is -0.216. The Hall–Kier alpha value is -5.28. The molecule has 0 unspecified atom stereocenters. The van der Waals surface area contributed by atoms with E-state index in [0.717, 1.165) is 11.3 Å². The van der Waals surface area contributed by atoms with E-state index in [2.05, 4.69) is 20.6 Å². The van der Waals surface area contributed by atoms with E-state index in [1.54, 1.807) is 47.1 Å². The Kier molecular flexibility index (Phi) is 7.94. The summed E-state index contributed by atoms with van der Waals surface area (Å²) in [6, 6.07) is 30.3. The second kappa shape index (κ2) is 12.1. The smallest absolute Gasteiger partial charge is 0.345 e. The minimum absolute atomic E-state index is 0.0423. The van der Waals surface area contributed by atoms with Crippen molar-refractivity contribution in [2.75, 3.05) is 7.11 Å². The highest BCUT2D eigenvalue weighted by Gasteiger charge is 2.19. The second-order valence-corrected chi connectivity index (χ2v) is 8.76. The molecule has 0 bridgehead atoms. The highest BCUT2D eigenvalue weighted by atomic mass is 35.5. The highest BCUT2D eigenvalue weighted by Crippen LogP contribution is 2.29. The van der Waals surface area contributed by atoms with Crippen LogP contribution in [0.5, 0.6) is 11.5 Å². The van der Waals surface area contributed by atoms with Crippen molar-refractivity contribution < 1.29 is 19.1 Å². The van der Waals surface area contributed by atoms with Gasteiger partial charge in [0.15, 0.2) is 17.3 Å². The maximum absolute atomic E-state index is 12.9. The third-order valence-corrected chi connectivity index (χ3v) is 6.04. The van der Waals surface area contributed by atoms with Crippen LogP contribution in [-0.4, -0.2) is 40.0 Å². The lowest BCUT2D eigenvalue weighted by Gasteiger charge is -2.10. The lowest BCUT2D eigenvalue weighted by molar-refractivity contribution is 0.0729. The molecule has 0 aliphatic rings. The van der Waals surface area contributed by atoms with Crippen LogP contribution >= 0.6 is 11.6 Å². The highest BCUT2D eigenvalue weighted by molar-refractivity contribution is 6.33. The van der Waals surface area contributed by atoms with E-state index in [-0.39, 0.29) is 22.2 Å². The number of esters is 1. The van der Waals surface area contributed by atoms with Crippen molar-refractivity contribution in [3.8, 4) is 28.6 Å². The van der Waals surface area contributed by atoms with Gasteiger partial charge < -0.3 is 9.47 Å². The molecule has 5 aromatic rings. The van der Waals surface area contributed by atoms with Crippen molar-refractivity contribution >= 4 is 29.7 Å². The number of hydrogen-bond donors (Lipinski definition) is 1. The van der Waals surface area contributed by atoms with Gasteiger partial charge in [-0.05, 0) is 48.0 Å². The second-order valence-electron chi connectivity index (χ2n) is 8.35. The van der Waals surface area contributed by atoms with Crippen LogP contribution in [-0.2, 0) is 0 Å². The van der Waals surface area contributed by atoms with Gasteiger partial charge in [-0.3, -0.25) is 4.79 Å². The molecule has 0 spiro atoms. The number of amides is 1. The van der Waals surface area contributed by atoms with Gasteiger partial charge in [0.2, 0.25) is 5.82 Å². The van der Waals surface area contributed by atoms with E-state index < -0.39 is 11.9 Å². The molecule has 0 aliphatic carbocycles. The van der Waals surface area contributed by atoms with Crippen LogP contribution in [0, 0.1) is 0 Å². The SMILES string of the molecule is COc1cc(/C=N/NC(=O)c2nc(-c3ccccc3)n(-c3ccccc3)n2)ccc1OC(=O)c1ccccc1Cl. The van der Waals surface area contributed by atoms with Crippen molar-refractivity contribution in [1.82, 2.24) is 20.2 Å². The average Bonchev–Trinajstić information content (AvgIpc) is 3.45. The van der Waals surface area contributed by atoms with Gasteiger partial charge in [-0.15, -0.1) is 5.10 Å². The first kappa shape index (κ1) is 26.3. The van der Waals surface area contributed by atoms with E-state index in [0.29, 0.717) is 17.1 Å². The Balaban J connectivity index is 1.31. The molecular formula is C30H22ClN5O4. The quantitative estimate of drug-likeness (QED) is 0.117. The van der Waals surface area contributed by atoms with E-state index in [1.807, 2.05) is 60.7 Å². The lowest BCUT2D eigenvalue weighted by atomic mass is 10.2. The summed E-state index contributed by atoms with van der Waals surface area (Å²) in [6.45, 7) is 0. The number of hydrogen-bond acceptors (Lipinski definition) is 7. The number of para-hydroxylation sites is 1. The summed E-state index contributed by atoms with van der Waals surface area (Å²) >= 11 is 6.09.